The van der Waals surface area contributed by atoms with E-state index in [1.165, 1.54) is 13.2 Å². The normalized spacial score (nSPS) is 11.0. The van der Waals surface area contributed by atoms with Crippen molar-refractivity contribution >= 4 is 12.1 Å². The molecular weight excluding hydrogens is 300 g/mol. The minimum absolute atomic E-state index is 0.0862. The highest BCUT2D eigenvalue weighted by atomic mass is 16.6. The lowest BCUT2D eigenvalue weighted by atomic mass is 10.1. The lowest BCUT2D eigenvalue weighted by Crippen LogP contribution is -2.33. The van der Waals surface area contributed by atoms with E-state index in [1.807, 2.05) is 20.8 Å². The van der Waals surface area contributed by atoms with E-state index in [9.17, 15) is 14.7 Å². The zero-order valence-corrected chi connectivity index (χ0v) is 14.0. The van der Waals surface area contributed by atoms with Crippen LogP contribution in [0, 0.1) is 0 Å². The van der Waals surface area contributed by atoms with E-state index in [1.54, 1.807) is 6.07 Å². The van der Waals surface area contributed by atoms with Crippen LogP contribution in [0.1, 0.15) is 49.8 Å². The molecule has 0 bridgehead atoms. The molecular formula is C16H24N2O5. The first kappa shape index (κ1) is 18.7. The number of amides is 1. The van der Waals surface area contributed by atoms with Crippen molar-refractivity contribution in [3.05, 3.63) is 23.5 Å². The molecule has 7 heteroatoms. The van der Waals surface area contributed by atoms with Crippen LogP contribution in [0.25, 0.3) is 0 Å². The lowest BCUT2D eigenvalue weighted by Gasteiger charge is -2.19. The van der Waals surface area contributed by atoms with E-state index < -0.39 is 17.7 Å². The van der Waals surface area contributed by atoms with Crippen molar-refractivity contribution in [1.82, 2.24) is 10.3 Å². The maximum absolute atomic E-state index is 11.5. The van der Waals surface area contributed by atoms with Crippen molar-refractivity contribution in [2.75, 3.05) is 13.7 Å². The van der Waals surface area contributed by atoms with Crippen molar-refractivity contribution in [2.24, 2.45) is 0 Å². The van der Waals surface area contributed by atoms with Crippen LogP contribution in [0.2, 0.25) is 0 Å². The molecule has 0 aromatic carbocycles. The molecule has 23 heavy (non-hydrogen) atoms. The number of unbranched alkanes of at least 4 members (excludes halogenated alkanes) is 1. The van der Waals surface area contributed by atoms with E-state index >= 15 is 0 Å². The SMILES string of the molecule is COC(=O)c1nc(CCCCNC(=O)OC(C)(C)C)ccc1O. The van der Waals surface area contributed by atoms with Crippen LogP contribution in [-0.4, -0.2) is 41.4 Å². The van der Waals surface area contributed by atoms with Gasteiger partial charge in [-0.1, -0.05) is 0 Å². The molecule has 0 unspecified atom stereocenters. The zero-order valence-electron chi connectivity index (χ0n) is 14.0. The van der Waals surface area contributed by atoms with E-state index in [4.69, 9.17) is 4.74 Å². The van der Waals surface area contributed by atoms with Crippen molar-refractivity contribution < 1.29 is 24.2 Å². The third kappa shape index (κ3) is 6.99. The maximum atomic E-state index is 11.5. The van der Waals surface area contributed by atoms with Gasteiger partial charge in [-0.3, -0.25) is 0 Å². The van der Waals surface area contributed by atoms with Gasteiger partial charge in [0.2, 0.25) is 0 Å². The summed E-state index contributed by atoms with van der Waals surface area (Å²) >= 11 is 0. The molecule has 1 rings (SSSR count). The number of alkyl carbamates (subject to hydrolysis) is 1. The molecule has 2 N–H and O–H groups in total. The predicted molar refractivity (Wildman–Crippen MR) is 84.4 cm³/mol. The molecule has 1 amide bonds. The average molecular weight is 324 g/mol. The standard InChI is InChI=1S/C16H24N2O5/c1-16(2,3)23-15(21)17-10-6-5-7-11-8-9-12(19)13(18-11)14(20)22-4/h8-9,19H,5-7,10H2,1-4H3,(H,17,21). The van der Waals surface area contributed by atoms with Crippen molar-refractivity contribution in [3.63, 3.8) is 0 Å². The zero-order chi connectivity index (χ0) is 17.5. The quantitative estimate of drug-likeness (QED) is 0.616. The Bertz CT molecular complexity index is 552. The van der Waals surface area contributed by atoms with Gasteiger partial charge >= 0.3 is 12.1 Å². The number of carbonyl (C=O) groups excluding carboxylic acids is 2. The summed E-state index contributed by atoms with van der Waals surface area (Å²) in [5, 5.41) is 12.3. The van der Waals surface area contributed by atoms with Gasteiger partial charge in [-0.15, -0.1) is 0 Å². The first-order chi connectivity index (χ1) is 10.7. The Kier molecular flexibility index (Phi) is 6.81. The molecule has 0 aliphatic heterocycles. The van der Waals surface area contributed by atoms with Gasteiger partial charge in [-0.05, 0) is 52.2 Å². The minimum Gasteiger partial charge on any atom is -0.505 e. The predicted octanol–water partition coefficient (Wildman–Crippen LogP) is 2.42. The number of nitrogens with one attached hydrogen (secondary N) is 1. The minimum atomic E-state index is -0.670. The molecule has 7 nitrogen and oxygen atoms in total. The number of hydrogen-bond donors (Lipinski definition) is 2. The van der Waals surface area contributed by atoms with E-state index in [2.05, 4.69) is 15.0 Å². The van der Waals surface area contributed by atoms with Gasteiger partial charge in [0, 0.05) is 12.2 Å². The highest BCUT2D eigenvalue weighted by Crippen LogP contribution is 2.16. The summed E-state index contributed by atoms with van der Waals surface area (Å²) in [6.45, 7) is 5.92. The molecule has 1 heterocycles. The smallest absolute Gasteiger partial charge is 0.407 e. The molecule has 0 saturated heterocycles. The van der Waals surface area contributed by atoms with Gasteiger partial charge in [-0.2, -0.15) is 0 Å². The highest BCUT2D eigenvalue weighted by Gasteiger charge is 2.16. The fraction of sp³-hybridized carbons (Fsp3) is 0.562. The molecule has 0 fully saturated rings. The Morgan fingerprint density at radius 2 is 1.96 bits per heavy atom. The van der Waals surface area contributed by atoms with Gasteiger partial charge in [0.05, 0.1) is 7.11 Å². The van der Waals surface area contributed by atoms with Crippen molar-refractivity contribution in [1.29, 1.82) is 0 Å². The van der Waals surface area contributed by atoms with Crippen LogP contribution in [0.3, 0.4) is 0 Å². The van der Waals surface area contributed by atoms with E-state index in [0.717, 1.165) is 12.8 Å². The van der Waals surface area contributed by atoms with Crippen LogP contribution in [0.15, 0.2) is 12.1 Å². The maximum Gasteiger partial charge on any atom is 0.407 e. The number of pyridine rings is 1. The third-order valence-corrected chi connectivity index (χ3v) is 2.84. The molecule has 0 atom stereocenters. The second-order valence-corrected chi connectivity index (χ2v) is 6.05. The van der Waals surface area contributed by atoms with Crippen molar-refractivity contribution in [2.45, 2.75) is 45.6 Å². The Morgan fingerprint density at radius 3 is 2.57 bits per heavy atom. The number of aromatic hydroxyl groups is 1. The van der Waals surface area contributed by atoms with E-state index in [0.29, 0.717) is 18.7 Å². The molecule has 128 valence electrons. The number of esters is 1. The molecule has 0 spiro atoms. The molecule has 0 saturated carbocycles. The Hall–Kier alpha value is -2.31. The summed E-state index contributed by atoms with van der Waals surface area (Å²) in [5.74, 6) is -0.872. The molecule has 0 radical (unpaired) electrons. The first-order valence-corrected chi connectivity index (χ1v) is 7.47. The number of carbonyl (C=O) groups is 2. The summed E-state index contributed by atoms with van der Waals surface area (Å²) < 4.78 is 9.69. The number of hydrogen-bond acceptors (Lipinski definition) is 6. The van der Waals surface area contributed by atoms with Crippen LogP contribution in [-0.2, 0) is 15.9 Å². The van der Waals surface area contributed by atoms with E-state index in [-0.39, 0.29) is 11.4 Å². The van der Waals surface area contributed by atoms with Crippen LogP contribution < -0.4 is 5.32 Å². The van der Waals surface area contributed by atoms with Crippen LogP contribution in [0.4, 0.5) is 4.79 Å². The summed E-state index contributed by atoms with van der Waals surface area (Å²) in [6.07, 6.45) is 1.71. The Labute approximate surface area is 136 Å². The Balaban J connectivity index is 2.37. The lowest BCUT2D eigenvalue weighted by molar-refractivity contribution is 0.0525. The summed E-state index contributed by atoms with van der Waals surface area (Å²) in [6, 6.07) is 3.08. The summed E-state index contributed by atoms with van der Waals surface area (Å²) in [7, 11) is 1.23. The fourth-order valence-electron chi connectivity index (χ4n) is 1.81. The summed E-state index contributed by atoms with van der Waals surface area (Å²) in [5.41, 5.74) is 0.0852. The van der Waals surface area contributed by atoms with Gasteiger partial charge in [0.15, 0.2) is 5.69 Å². The largest absolute Gasteiger partial charge is 0.505 e. The molecule has 1 aromatic heterocycles. The monoisotopic (exact) mass is 324 g/mol. The first-order valence-electron chi connectivity index (χ1n) is 7.47. The highest BCUT2D eigenvalue weighted by molar-refractivity contribution is 5.90. The van der Waals surface area contributed by atoms with Crippen LogP contribution in [0.5, 0.6) is 5.75 Å². The van der Waals surface area contributed by atoms with Gasteiger partial charge in [0.1, 0.15) is 11.4 Å². The second-order valence-electron chi connectivity index (χ2n) is 6.05. The second kappa shape index (κ2) is 8.36. The van der Waals surface area contributed by atoms with Gasteiger partial charge in [0.25, 0.3) is 0 Å². The molecule has 0 aliphatic carbocycles. The van der Waals surface area contributed by atoms with Gasteiger partial charge < -0.3 is 19.9 Å². The van der Waals surface area contributed by atoms with Crippen molar-refractivity contribution in [3.8, 4) is 5.75 Å². The fourth-order valence-corrected chi connectivity index (χ4v) is 1.81. The molecule has 1 aromatic rings. The number of ether oxygens (including phenoxy) is 2. The number of aryl methyl sites for hydroxylation is 1. The number of aromatic nitrogens is 1. The molecule has 0 aliphatic rings. The van der Waals surface area contributed by atoms with Gasteiger partial charge in [-0.25, -0.2) is 14.6 Å². The summed E-state index contributed by atoms with van der Waals surface area (Å²) in [4.78, 5) is 27.0. The average Bonchev–Trinajstić information content (AvgIpc) is 2.45. The topological polar surface area (TPSA) is 97.8 Å². The number of methoxy groups -OCH3 is 1. The number of rotatable bonds is 6. The third-order valence-electron chi connectivity index (χ3n) is 2.84. The number of nitrogens with zero attached hydrogens (tertiary/aromatic N) is 1. The Morgan fingerprint density at radius 1 is 1.26 bits per heavy atom. The van der Waals surface area contributed by atoms with Crippen LogP contribution >= 0.6 is 0 Å².